The van der Waals surface area contributed by atoms with E-state index in [4.69, 9.17) is 19.4 Å². The number of carboxylic acids is 1. The normalized spacial score (nSPS) is 23.6. The van der Waals surface area contributed by atoms with Crippen LogP contribution >= 0.6 is 11.3 Å². The van der Waals surface area contributed by atoms with Crippen molar-refractivity contribution in [3.8, 4) is 0 Å². The molecule has 2 aliphatic rings. The molecule has 2 saturated heterocycles. The van der Waals surface area contributed by atoms with Crippen LogP contribution in [0.15, 0.2) is 12.1 Å². The molecule has 0 bridgehead atoms. The molecule has 3 rings (SSSR count). The molecule has 2 atom stereocenters. The first-order chi connectivity index (χ1) is 14.4. The van der Waals surface area contributed by atoms with E-state index in [1.54, 1.807) is 19.0 Å². The molecular weight excluding hydrogens is 437 g/mol. The van der Waals surface area contributed by atoms with Crippen LogP contribution in [-0.4, -0.2) is 86.1 Å². The van der Waals surface area contributed by atoms with Crippen molar-refractivity contribution in [2.45, 2.75) is 38.6 Å². The predicted molar refractivity (Wildman–Crippen MR) is 109 cm³/mol. The third-order valence-electron chi connectivity index (χ3n) is 5.38. The number of carbonyl (C=O) groups is 2. The molecule has 0 spiro atoms. The number of carbonyl (C=O) groups excluding carboxylic acids is 1. The van der Waals surface area contributed by atoms with E-state index in [0.29, 0.717) is 6.61 Å². The second-order valence-corrected chi connectivity index (χ2v) is 9.44. The lowest BCUT2D eigenvalue weighted by atomic mass is 9.77. The van der Waals surface area contributed by atoms with Crippen molar-refractivity contribution in [3.05, 3.63) is 21.9 Å². The average molecular weight is 467 g/mol. The first-order valence-corrected chi connectivity index (χ1v) is 10.7. The number of carboxylic acid groups (broad SMARTS) is 1. The zero-order chi connectivity index (χ0) is 23.2. The number of aliphatic carboxylic acids is 1. The van der Waals surface area contributed by atoms with Gasteiger partial charge in [0.2, 0.25) is 5.91 Å². The average Bonchev–Trinajstić information content (AvgIpc) is 3.27. The lowest BCUT2D eigenvalue weighted by Gasteiger charge is -2.43. The van der Waals surface area contributed by atoms with Gasteiger partial charge in [0.25, 0.3) is 0 Å². The van der Waals surface area contributed by atoms with E-state index in [1.807, 2.05) is 11.3 Å². The summed E-state index contributed by atoms with van der Waals surface area (Å²) in [5.41, 5.74) is 0.0388. The number of piperidine rings is 1. The highest BCUT2D eigenvalue weighted by atomic mass is 32.1. The van der Waals surface area contributed by atoms with Gasteiger partial charge in [-0.15, -0.1) is 11.3 Å². The van der Waals surface area contributed by atoms with Gasteiger partial charge in [-0.1, -0.05) is 0 Å². The van der Waals surface area contributed by atoms with E-state index in [0.717, 1.165) is 39.1 Å². The van der Waals surface area contributed by atoms with Crippen LogP contribution in [0.1, 0.15) is 22.6 Å². The minimum atomic E-state index is -5.08. The zero-order valence-corrected chi connectivity index (χ0v) is 18.7. The molecule has 1 amide bonds. The molecule has 1 aromatic heterocycles. The molecule has 1 aromatic rings. The van der Waals surface area contributed by atoms with Crippen molar-refractivity contribution in [3.63, 3.8) is 0 Å². The van der Waals surface area contributed by atoms with Crippen LogP contribution in [0.5, 0.6) is 0 Å². The minimum Gasteiger partial charge on any atom is -0.475 e. The monoisotopic (exact) mass is 466 g/mol. The molecule has 11 heteroatoms. The molecule has 0 radical (unpaired) electrons. The van der Waals surface area contributed by atoms with Gasteiger partial charge < -0.3 is 19.5 Å². The van der Waals surface area contributed by atoms with Gasteiger partial charge in [0, 0.05) is 55.5 Å². The molecule has 31 heavy (non-hydrogen) atoms. The van der Waals surface area contributed by atoms with Crippen LogP contribution in [0, 0.1) is 12.3 Å². The molecule has 2 fully saturated rings. The maximum absolute atomic E-state index is 11.7. The van der Waals surface area contributed by atoms with Crippen LogP contribution in [0.25, 0.3) is 0 Å². The topological polar surface area (TPSA) is 79.3 Å². The Morgan fingerprint density at radius 1 is 1.39 bits per heavy atom. The fourth-order valence-electron chi connectivity index (χ4n) is 3.74. The highest BCUT2D eigenvalue weighted by Gasteiger charge is 2.48. The van der Waals surface area contributed by atoms with E-state index in [9.17, 15) is 18.0 Å². The third-order valence-corrected chi connectivity index (χ3v) is 6.37. The summed E-state index contributed by atoms with van der Waals surface area (Å²) in [7, 11) is 3.52. The van der Waals surface area contributed by atoms with Gasteiger partial charge in [-0.25, -0.2) is 4.79 Å². The molecule has 0 unspecified atom stereocenters. The van der Waals surface area contributed by atoms with Crippen molar-refractivity contribution < 1.29 is 37.3 Å². The lowest BCUT2D eigenvalue weighted by molar-refractivity contribution is -0.192. The number of aryl methyl sites for hydroxylation is 1. The maximum atomic E-state index is 11.7. The first-order valence-electron chi connectivity index (χ1n) is 9.90. The molecule has 0 aliphatic carbocycles. The van der Waals surface area contributed by atoms with Crippen LogP contribution in [0.3, 0.4) is 0 Å². The molecular formula is C20H29F3N2O5S. The van der Waals surface area contributed by atoms with Crippen molar-refractivity contribution >= 4 is 23.2 Å². The van der Waals surface area contributed by atoms with Gasteiger partial charge in [0.15, 0.2) is 0 Å². The Morgan fingerprint density at radius 2 is 2.06 bits per heavy atom. The Labute approximate surface area is 183 Å². The molecule has 7 nitrogen and oxygen atoms in total. The van der Waals surface area contributed by atoms with E-state index in [2.05, 4.69) is 24.0 Å². The molecule has 0 saturated carbocycles. The van der Waals surface area contributed by atoms with Crippen LogP contribution in [0.4, 0.5) is 13.2 Å². The molecule has 3 heterocycles. The Bertz CT molecular complexity index is 755. The van der Waals surface area contributed by atoms with E-state index < -0.39 is 12.1 Å². The van der Waals surface area contributed by atoms with Crippen LogP contribution in [-0.2, 0) is 25.6 Å². The molecule has 1 N–H and O–H groups in total. The number of thiophene rings is 1. The smallest absolute Gasteiger partial charge is 0.475 e. The largest absolute Gasteiger partial charge is 0.490 e. The van der Waals surface area contributed by atoms with Crippen molar-refractivity contribution in [2.24, 2.45) is 5.41 Å². The molecule has 2 aliphatic heterocycles. The number of hydrogen-bond donors (Lipinski definition) is 1. The quantitative estimate of drug-likeness (QED) is 0.695. The molecule has 176 valence electrons. The van der Waals surface area contributed by atoms with Gasteiger partial charge in [-0.05, 0) is 31.9 Å². The summed E-state index contributed by atoms with van der Waals surface area (Å²) < 4.78 is 43.5. The number of halogens is 3. The number of nitrogens with zero attached hydrogens (tertiary/aromatic N) is 2. The number of likely N-dealkylation sites (N-methyl/N-ethyl adjacent to an activating group) is 1. The molecule has 0 aromatic carbocycles. The Kier molecular flexibility index (Phi) is 8.87. The second-order valence-electron chi connectivity index (χ2n) is 8.07. The van der Waals surface area contributed by atoms with E-state index >= 15 is 0 Å². The van der Waals surface area contributed by atoms with E-state index in [-0.39, 0.29) is 24.0 Å². The highest BCUT2D eigenvalue weighted by Crippen LogP contribution is 2.41. The van der Waals surface area contributed by atoms with Gasteiger partial charge in [-0.2, -0.15) is 13.2 Å². The third kappa shape index (κ3) is 7.44. The lowest BCUT2D eigenvalue weighted by Crippen LogP contribution is -2.51. The number of rotatable bonds is 6. The standard InChI is InChI=1S/C18H28N2O3S.C2HF3O2/c1-14-4-5-15(24-14)10-20-8-6-16-18(12-20,7-9-23-16)13-22-11-17(21)19(2)3;3-2(4,5)1(6)7/h4-5,16H,6-13H2,1-3H3;(H,6,7)/t16-,18+;/m1./s1. The SMILES string of the molecule is Cc1ccc(CN2CC[C@H]3OCC[C@@]3(COCC(=O)N(C)C)C2)s1.O=C(O)C(F)(F)F. The maximum Gasteiger partial charge on any atom is 0.490 e. The summed E-state index contributed by atoms with van der Waals surface area (Å²) in [6.45, 7) is 6.79. The fraction of sp³-hybridized carbons (Fsp3) is 0.700. The van der Waals surface area contributed by atoms with Crippen molar-refractivity contribution in [2.75, 3.05) is 47.0 Å². The van der Waals surface area contributed by atoms with E-state index in [1.165, 1.54) is 9.75 Å². The number of hydrogen-bond acceptors (Lipinski definition) is 6. The summed E-state index contributed by atoms with van der Waals surface area (Å²) in [4.78, 5) is 27.5. The van der Waals surface area contributed by atoms with Crippen LogP contribution in [0.2, 0.25) is 0 Å². The number of ether oxygens (including phenoxy) is 2. The summed E-state index contributed by atoms with van der Waals surface area (Å²) in [5, 5.41) is 7.12. The minimum absolute atomic E-state index is 0.0172. The van der Waals surface area contributed by atoms with Gasteiger partial charge >= 0.3 is 12.1 Å². The fourth-order valence-corrected chi connectivity index (χ4v) is 4.68. The summed E-state index contributed by atoms with van der Waals surface area (Å²) in [6.07, 6.45) is -2.74. The second kappa shape index (κ2) is 10.8. The first kappa shape index (κ1) is 25.6. The highest BCUT2D eigenvalue weighted by molar-refractivity contribution is 7.11. The van der Waals surface area contributed by atoms with Crippen molar-refractivity contribution in [1.82, 2.24) is 9.80 Å². The Hall–Kier alpha value is -1.69. The predicted octanol–water partition coefficient (Wildman–Crippen LogP) is 2.78. The number of amides is 1. The summed E-state index contributed by atoms with van der Waals surface area (Å²) >= 11 is 1.88. The summed E-state index contributed by atoms with van der Waals surface area (Å²) in [5.74, 6) is -2.74. The van der Waals surface area contributed by atoms with Crippen molar-refractivity contribution in [1.29, 1.82) is 0 Å². The Morgan fingerprint density at radius 3 is 2.61 bits per heavy atom. The van der Waals surface area contributed by atoms with Gasteiger partial charge in [0.1, 0.15) is 6.61 Å². The van der Waals surface area contributed by atoms with Gasteiger partial charge in [-0.3, -0.25) is 9.69 Å². The van der Waals surface area contributed by atoms with Gasteiger partial charge in [0.05, 0.1) is 12.7 Å². The zero-order valence-electron chi connectivity index (χ0n) is 17.9. The Balaban J connectivity index is 0.000000423. The van der Waals surface area contributed by atoms with Crippen LogP contribution < -0.4 is 0 Å². The number of fused-ring (bicyclic) bond motifs is 1. The summed E-state index contributed by atoms with van der Waals surface area (Å²) in [6, 6.07) is 4.42. The number of alkyl halides is 3. The number of likely N-dealkylation sites (tertiary alicyclic amines) is 1.